The molecule has 1 aliphatic rings. The molecule has 9 nitrogen and oxygen atoms in total. The normalized spacial score (nSPS) is 16.2. The minimum Gasteiger partial charge on any atom is -0.337 e. The number of benzene rings is 2. The van der Waals surface area contributed by atoms with Crippen LogP contribution in [-0.2, 0) is 16.1 Å². The SMILES string of the molecule is CC(=O)c1cn(CC(=O)N2C[C@H](F)C[C@H]2C(=O)Nc2cccc(-c3ncccc3Cl)c2F)c2ccc(-c3cnc(C)nc3)cc12. The number of pyridine rings is 1. The van der Waals surface area contributed by atoms with Crippen LogP contribution in [0.25, 0.3) is 33.3 Å². The number of amides is 2. The van der Waals surface area contributed by atoms with Crippen LogP contribution in [-0.4, -0.2) is 60.8 Å². The molecule has 2 atom stereocenters. The van der Waals surface area contributed by atoms with E-state index >= 15 is 4.39 Å². The number of rotatable bonds is 7. The lowest BCUT2D eigenvalue weighted by molar-refractivity contribution is -0.137. The Balaban J connectivity index is 1.25. The van der Waals surface area contributed by atoms with E-state index in [1.165, 1.54) is 31.3 Å². The lowest BCUT2D eigenvalue weighted by atomic mass is 10.0. The van der Waals surface area contributed by atoms with Gasteiger partial charge in [0.2, 0.25) is 11.8 Å². The first kappa shape index (κ1) is 30.0. The highest BCUT2D eigenvalue weighted by molar-refractivity contribution is 6.33. The first-order valence-electron chi connectivity index (χ1n) is 14.2. The minimum atomic E-state index is -1.44. The zero-order chi connectivity index (χ0) is 31.8. The summed E-state index contributed by atoms with van der Waals surface area (Å²) in [6, 6.07) is 11.9. The van der Waals surface area contributed by atoms with Crippen molar-refractivity contribution in [1.29, 1.82) is 0 Å². The highest BCUT2D eigenvalue weighted by Gasteiger charge is 2.40. The predicted molar refractivity (Wildman–Crippen MR) is 166 cm³/mol. The number of carbonyl (C=O) groups excluding carboxylic acids is 3. The Morgan fingerprint density at radius 2 is 1.82 bits per heavy atom. The molecule has 1 aliphatic heterocycles. The number of likely N-dealkylation sites (tertiary alicyclic amines) is 1. The van der Waals surface area contributed by atoms with Crippen molar-refractivity contribution in [3.05, 3.63) is 95.5 Å². The number of hydrogen-bond acceptors (Lipinski definition) is 6. The maximum Gasteiger partial charge on any atom is 0.247 e. The van der Waals surface area contributed by atoms with Crippen molar-refractivity contribution in [3.63, 3.8) is 0 Å². The molecule has 2 aromatic carbocycles. The van der Waals surface area contributed by atoms with Crippen LogP contribution in [0.5, 0.6) is 0 Å². The van der Waals surface area contributed by atoms with Gasteiger partial charge in [-0.1, -0.05) is 23.7 Å². The highest BCUT2D eigenvalue weighted by atomic mass is 35.5. The van der Waals surface area contributed by atoms with E-state index in [1.807, 2.05) is 12.1 Å². The molecule has 0 aliphatic carbocycles. The number of fused-ring (bicyclic) bond motifs is 1. The van der Waals surface area contributed by atoms with Gasteiger partial charge in [-0.15, -0.1) is 0 Å². The molecule has 0 saturated carbocycles. The molecule has 0 radical (unpaired) electrons. The second kappa shape index (κ2) is 12.2. The van der Waals surface area contributed by atoms with E-state index in [0.717, 1.165) is 16.0 Å². The smallest absolute Gasteiger partial charge is 0.247 e. The van der Waals surface area contributed by atoms with Gasteiger partial charge in [-0.05, 0) is 55.8 Å². The van der Waals surface area contributed by atoms with Crippen LogP contribution >= 0.6 is 11.6 Å². The average molecular weight is 629 g/mol. The first-order valence-corrected chi connectivity index (χ1v) is 14.5. The second-order valence-electron chi connectivity index (χ2n) is 10.9. The summed E-state index contributed by atoms with van der Waals surface area (Å²) in [7, 11) is 0. The minimum absolute atomic E-state index is 0.0833. The van der Waals surface area contributed by atoms with Crippen molar-refractivity contribution >= 4 is 45.8 Å². The molecule has 2 amide bonds. The standard InChI is InChI=1S/C33H27ClF2N6O3/c1-18(43)25-16-41(28-9-8-20(11-24(25)28)21-13-38-19(2)39-14-21)17-30(44)42-15-22(35)12-29(42)33(45)40-27-7-3-5-23(31(27)36)32-26(34)6-4-10-37-32/h3-11,13-14,16,22,29H,12,15,17H2,1-2H3,(H,40,45)/t22-,29+/m1/s1. The molecule has 228 valence electrons. The number of carbonyl (C=O) groups is 3. The monoisotopic (exact) mass is 628 g/mol. The predicted octanol–water partition coefficient (Wildman–Crippen LogP) is 6.04. The topological polar surface area (TPSA) is 110 Å². The van der Waals surface area contributed by atoms with Crippen molar-refractivity contribution in [2.45, 2.75) is 39.0 Å². The molecule has 5 aromatic rings. The molecule has 1 saturated heterocycles. The van der Waals surface area contributed by atoms with Crippen molar-refractivity contribution < 1.29 is 23.2 Å². The number of aromatic nitrogens is 4. The number of aryl methyl sites for hydroxylation is 1. The van der Waals surface area contributed by atoms with Crippen molar-refractivity contribution in [1.82, 2.24) is 24.4 Å². The third-order valence-electron chi connectivity index (χ3n) is 7.82. The molecule has 1 fully saturated rings. The Morgan fingerprint density at radius 1 is 1.04 bits per heavy atom. The number of halogens is 3. The number of nitrogens with one attached hydrogen (secondary N) is 1. The second-order valence-corrected chi connectivity index (χ2v) is 11.3. The third kappa shape index (κ3) is 5.91. The summed E-state index contributed by atoms with van der Waals surface area (Å²) in [5.41, 5.74) is 2.74. The van der Waals surface area contributed by atoms with Crippen LogP contribution in [0.4, 0.5) is 14.5 Å². The van der Waals surface area contributed by atoms with E-state index in [-0.39, 0.29) is 47.3 Å². The summed E-state index contributed by atoms with van der Waals surface area (Å²) in [6.45, 7) is 2.69. The number of ketones is 1. The van der Waals surface area contributed by atoms with E-state index < -0.39 is 29.8 Å². The molecule has 45 heavy (non-hydrogen) atoms. The lowest BCUT2D eigenvalue weighted by Crippen LogP contribution is -2.44. The quantitative estimate of drug-likeness (QED) is 0.220. The van der Waals surface area contributed by atoms with Gasteiger partial charge in [0.15, 0.2) is 11.6 Å². The van der Waals surface area contributed by atoms with Gasteiger partial charge in [-0.3, -0.25) is 19.4 Å². The zero-order valence-corrected chi connectivity index (χ0v) is 25.1. The van der Waals surface area contributed by atoms with Gasteiger partial charge < -0.3 is 14.8 Å². The summed E-state index contributed by atoms with van der Waals surface area (Å²) >= 11 is 6.20. The summed E-state index contributed by atoms with van der Waals surface area (Å²) in [6.07, 6.45) is 4.76. The molecule has 0 unspecified atom stereocenters. The highest BCUT2D eigenvalue weighted by Crippen LogP contribution is 2.32. The fourth-order valence-corrected chi connectivity index (χ4v) is 5.81. The van der Waals surface area contributed by atoms with Crippen LogP contribution in [0.15, 0.2) is 73.3 Å². The van der Waals surface area contributed by atoms with Crippen LogP contribution in [0.1, 0.15) is 29.5 Å². The molecule has 12 heteroatoms. The Bertz CT molecular complexity index is 1960. The molecular formula is C33H27ClF2N6O3. The first-order chi connectivity index (χ1) is 21.6. The lowest BCUT2D eigenvalue weighted by Gasteiger charge is -2.24. The zero-order valence-electron chi connectivity index (χ0n) is 24.3. The van der Waals surface area contributed by atoms with Gasteiger partial charge in [-0.25, -0.2) is 18.7 Å². The van der Waals surface area contributed by atoms with Crippen LogP contribution in [0, 0.1) is 12.7 Å². The number of Topliss-reactive ketones (excluding diaryl/α,β-unsaturated/α-hetero) is 1. The van der Waals surface area contributed by atoms with Crippen molar-refractivity contribution in [3.8, 4) is 22.4 Å². The third-order valence-corrected chi connectivity index (χ3v) is 8.13. The van der Waals surface area contributed by atoms with E-state index in [1.54, 1.807) is 48.3 Å². The van der Waals surface area contributed by atoms with Gasteiger partial charge in [0.1, 0.15) is 24.6 Å². The Hall–Kier alpha value is -5.03. The van der Waals surface area contributed by atoms with Crippen molar-refractivity contribution in [2.24, 2.45) is 0 Å². The van der Waals surface area contributed by atoms with Crippen LogP contribution < -0.4 is 5.32 Å². The molecule has 6 rings (SSSR count). The summed E-state index contributed by atoms with van der Waals surface area (Å²) in [5.74, 6) is -1.56. The van der Waals surface area contributed by atoms with Crippen LogP contribution in [0.3, 0.4) is 0 Å². The molecule has 4 heterocycles. The van der Waals surface area contributed by atoms with E-state index in [9.17, 15) is 18.8 Å². The van der Waals surface area contributed by atoms with Gasteiger partial charge in [0.25, 0.3) is 0 Å². The number of hydrogen-bond donors (Lipinski definition) is 1. The Kier molecular flexibility index (Phi) is 8.11. The fraction of sp³-hybridized carbons (Fsp3) is 0.212. The number of nitrogens with zero attached hydrogens (tertiary/aromatic N) is 5. The Morgan fingerprint density at radius 3 is 2.56 bits per heavy atom. The fourth-order valence-electron chi connectivity index (χ4n) is 5.59. The number of alkyl halides is 1. The van der Waals surface area contributed by atoms with E-state index in [0.29, 0.717) is 22.3 Å². The molecule has 0 spiro atoms. The Labute approximate surface area is 261 Å². The van der Waals surface area contributed by atoms with Gasteiger partial charge in [-0.2, -0.15) is 0 Å². The van der Waals surface area contributed by atoms with Crippen molar-refractivity contribution in [2.75, 3.05) is 11.9 Å². The summed E-state index contributed by atoms with van der Waals surface area (Å²) < 4.78 is 31.8. The summed E-state index contributed by atoms with van der Waals surface area (Å²) in [5, 5.41) is 3.39. The van der Waals surface area contributed by atoms with E-state index in [2.05, 4.69) is 20.3 Å². The number of anilines is 1. The maximum atomic E-state index is 15.5. The van der Waals surface area contributed by atoms with Gasteiger partial charge in [0, 0.05) is 58.8 Å². The molecule has 1 N–H and O–H groups in total. The van der Waals surface area contributed by atoms with Crippen LogP contribution in [0.2, 0.25) is 5.02 Å². The molecule has 0 bridgehead atoms. The van der Waals surface area contributed by atoms with E-state index in [4.69, 9.17) is 11.6 Å². The molecule has 3 aromatic heterocycles. The van der Waals surface area contributed by atoms with Gasteiger partial charge >= 0.3 is 0 Å². The largest absolute Gasteiger partial charge is 0.337 e. The maximum absolute atomic E-state index is 15.5. The van der Waals surface area contributed by atoms with Gasteiger partial charge in [0.05, 0.1) is 22.9 Å². The molecular weight excluding hydrogens is 602 g/mol. The average Bonchev–Trinajstić information content (AvgIpc) is 3.59. The summed E-state index contributed by atoms with van der Waals surface area (Å²) in [4.78, 5) is 53.2.